The summed E-state index contributed by atoms with van der Waals surface area (Å²) in [5.74, 6) is -1.50. The normalized spacial score (nSPS) is 21.2. The predicted molar refractivity (Wildman–Crippen MR) is 111 cm³/mol. The Kier molecular flexibility index (Phi) is 7.82. The molecular formula is C21H22ClN5O8. The predicted octanol–water partition coefficient (Wildman–Crippen LogP) is -3.28. The number of aromatic nitrogens is 5. The van der Waals surface area contributed by atoms with Crippen molar-refractivity contribution in [2.75, 3.05) is 6.61 Å². The first-order chi connectivity index (χ1) is 16.2. The van der Waals surface area contributed by atoms with Gasteiger partial charge in [0.15, 0.2) is 29.6 Å². The van der Waals surface area contributed by atoms with Crippen LogP contribution in [-0.2, 0) is 33.3 Å². The number of esters is 3. The number of fused-ring (bicyclic) bond motifs is 1. The van der Waals surface area contributed by atoms with Crippen LogP contribution in [-0.4, -0.2) is 62.3 Å². The minimum Gasteiger partial charge on any atom is -1.00 e. The highest BCUT2D eigenvalue weighted by Crippen LogP contribution is 2.35. The van der Waals surface area contributed by atoms with Crippen molar-refractivity contribution in [2.24, 2.45) is 0 Å². The summed E-state index contributed by atoms with van der Waals surface area (Å²) in [7, 11) is 0. The molecule has 3 aromatic rings. The zero-order valence-electron chi connectivity index (χ0n) is 18.9. The van der Waals surface area contributed by atoms with Crippen molar-refractivity contribution < 1.29 is 50.3 Å². The van der Waals surface area contributed by atoms with E-state index in [1.807, 2.05) is 6.07 Å². The molecule has 0 aromatic carbocycles. The number of hydrogen-bond donors (Lipinski definition) is 1. The van der Waals surface area contributed by atoms with Crippen LogP contribution in [0.3, 0.4) is 0 Å². The lowest BCUT2D eigenvalue weighted by Crippen LogP contribution is -3.00. The number of H-pyrrole nitrogens is 1. The van der Waals surface area contributed by atoms with Crippen LogP contribution in [0.1, 0.15) is 27.0 Å². The molecule has 14 heteroatoms. The van der Waals surface area contributed by atoms with Gasteiger partial charge in [-0.2, -0.15) is 9.97 Å². The SMILES string of the molecule is CC(=O)OC[C@H]1O[C@@H](n2cnc3c(-[n+]4ccccc4)[nH]c(=O)nc32)[C@H](OC(C)=O)[C@@H]1OC(C)=O.[Cl-]. The van der Waals surface area contributed by atoms with E-state index >= 15 is 0 Å². The summed E-state index contributed by atoms with van der Waals surface area (Å²) < 4.78 is 24.9. The molecule has 0 aliphatic carbocycles. The highest BCUT2D eigenvalue weighted by Gasteiger charge is 2.51. The molecule has 0 unspecified atom stereocenters. The number of pyridine rings is 1. The van der Waals surface area contributed by atoms with E-state index in [1.165, 1.54) is 31.7 Å². The van der Waals surface area contributed by atoms with Gasteiger partial charge >= 0.3 is 29.4 Å². The molecule has 1 aliphatic rings. The van der Waals surface area contributed by atoms with Crippen LogP contribution in [0.2, 0.25) is 0 Å². The second kappa shape index (κ2) is 10.6. The third kappa shape index (κ3) is 5.46. The Bertz CT molecular complexity index is 1290. The van der Waals surface area contributed by atoms with Crippen LogP contribution in [0.5, 0.6) is 0 Å². The Balaban J connectivity index is 0.00000342. The fourth-order valence-electron chi connectivity index (χ4n) is 3.75. The molecular weight excluding hydrogens is 486 g/mol. The van der Waals surface area contributed by atoms with Gasteiger partial charge in [-0.1, -0.05) is 6.07 Å². The van der Waals surface area contributed by atoms with Gasteiger partial charge in [-0.05, 0) is 12.1 Å². The summed E-state index contributed by atoms with van der Waals surface area (Å²) in [6.45, 7) is 3.35. The maximum Gasteiger partial charge on any atom is 0.434 e. The maximum atomic E-state index is 12.4. The molecule has 4 atom stereocenters. The van der Waals surface area contributed by atoms with E-state index in [4.69, 9.17) is 18.9 Å². The van der Waals surface area contributed by atoms with Gasteiger partial charge in [-0.3, -0.25) is 19.0 Å². The minimum atomic E-state index is -1.13. The Morgan fingerprint density at radius 1 is 1.06 bits per heavy atom. The lowest BCUT2D eigenvalue weighted by atomic mass is 10.1. The molecule has 4 rings (SSSR count). The Labute approximate surface area is 204 Å². The van der Waals surface area contributed by atoms with Gasteiger partial charge in [-0.15, -0.1) is 0 Å². The van der Waals surface area contributed by atoms with Crippen molar-refractivity contribution in [2.45, 2.75) is 45.3 Å². The molecule has 1 saturated heterocycles. The van der Waals surface area contributed by atoms with E-state index in [0.717, 1.165) is 0 Å². The number of carbonyl (C=O) groups is 3. The summed E-state index contributed by atoms with van der Waals surface area (Å²) in [6, 6.07) is 5.38. The molecule has 0 spiro atoms. The van der Waals surface area contributed by atoms with Crippen LogP contribution >= 0.6 is 0 Å². The lowest BCUT2D eigenvalue weighted by Gasteiger charge is -2.23. The minimum absolute atomic E-state index is 0. The third-order valence-electron chi connectivity index (χ3n) is 5.01. The summed E-state index contributed by atoms with van der Waals surface area (Å²) in [4.78, 5) is 58.4. The Morgan fingerprint density at radius 3 is 2.34 bits per heavy atom. The van der Waals surface area contributed by atoms with Gasteiger partial charge in [-0.25, -0.2) is 14.3 Å². The molecule has 186 valence electrons. The lowest BCUT2D eigenvalue weighted by molar-refractivity contribution is -0.598. The number of ether oxygens (including phenoxy) is 4. The van der Waals surface area contributed by atoms with Gasteiger partial charge in [0, 0.05) is 20.8 Å². The number of imidazole rings is 1. The van der Waals surface area contributed by atoms with Crippen molar-refractivity contribution in [3.63, 3.8) is 0 Å². The molecule has 3 aromatic heterocycles. The van der Waals surface area contributed by atoms with Gasteiger partial charge in [0.1, 0.15) is 12.7 Å². The van der Waals surface area contributed by atoms with Gasteiger partial charge < -0.3 is 31.4 Å². The summed E-state index contributed by atoms with van der Waals surface area (Å²) in [5, 5.41) is 0. The van der Waals surface area contributed by atoms with Crippen LogP contribution in [0.15, 0.2) is 41.7 Å². The van der Waals surface area contributed by atoms with E-state index in [9.17, 15) is 19.2 Å². The quantitative estimate of drug-likeness (QED) is 0.204. The van der Waals surface area contributed by atoms with E-state index in [1.54, 1.807) is 29.1 Å². The molecule has 1 N–H and O–H groups in total. The molecule has 1 fully saturated rings. The summed E-state index contributed by atoms with van der Waals surface area (Å²) in [6.07, 6.45) is 0.567. The van der Waals surface area contributed by atoms with E-state index < -0.39 is 48.1 Å². The largest absolute Gasteiger partial charge is 1.00 e. The van der Waals surface area contributed by atoms with Gasteiger partial charge in [0.25, 0.3) is 0 Å². The Hall–Kier alpha value is -3.84. The monoisotopic (exact) mass is 507 g/mol. The van der Waals surface area contributed by atoms with Crippen molar-refractivity contribution in [3.8, 4) is 5.82 Å². The zero-order valence-corrected chi connectivity index (χ0v) is 19.7. The van der Waals surface area contributed by atoms with Crippen molar-refractivity contribution in [1.29, 1.82) is 0 Å². The molecule has 0 amide bonds. The number of nitrogens with one attached hydrogen (secondary N) is 1. The Morgan fingerprint density at radius 2 is 1.71 bits per heavy atom. The fourth-order valence-corrected chi connectivity index (χ4v) is 3.75. The number of nitrogens with zero attached hydrogens (tertiary/aromatic N) is 4. The highest BCUT2D eigenvalue weighted by molar-refractivity contribution is 5.76. The maximum absolute atomic E-state index is 12.4. The second-order valence-corrected chi connectivity index (χ2v) is 7.51. The fraction of sp³-hybridized carbons (Fsp3) is 0.381. The zero-order chi connectivity index (χ0) is 24.4. The first-order valence-corrected chi connectivity index (χ1v) is 10.3. The summed E-state index contributed by atoms with van der Waals surface area (Å²) in [5.41, 5.74) is -0.156. The average Bonchev–Trinajstić information content (AvgIpc) is 3.33. The number of carbonyl (C=O) groups excluding carboxylic acids is 3. The first kappa shape index (κ1) is 25.8. The van der Waals surface area contributed by atoms with E-state index in [-0.39, 0.29) is 24.7 Å². The molecule has 1 aliphatic heterocycles. The standard InChI is InChI=1S/C21H21N5O8.ClH/c1-11(27)31-9-14-16(32-12(2)28)17(33-13(3)29)20(34-14)26-10-22-15-18(23-21(30)24-19(15)26)25-7-5-4-6-8-25;/h4-8,10,14,16-17,20H,9H2,1-3H3;1H/t14-,16-,17-,20-;/m1./s1. The molecule has 0 radical (unpaired) electrons. The van der Waals surface area contributed by atoms with Crippen molar-refractivity contribution in [3.05, 3.63) is 47.4 Å². The van der Waals surface area contributed by atoms with Crippen LogP contribution in [0.4, 0.5) is 0 Å². The number of aromatic amines is 1. The highest BCUT2D eigenvalue weighted by atomic mass is 35.5. The van der Waals surface area contributed by atoms with Crippen LogP contribution in [0.25, 0.3) is 17.0 Å². The molecule has 4 heterocycles. The molecule has 35 heavy (non-hydrogen) atoms. The second-order valence-electron chi connectivity index (χ2n) is 7.51. The number of rotatable bonds is 6. The average molecular weight is 508 g/mol. The van der Waals surface area contributed by atoms with Crippen LogP contribution in [0, 0.1) is 0 Å². The van der Waals surface area contributed by atoms with Gasteiger partial charge in [0.2, 0.25) is 0 Å². The molecule has 0 bridgehead atoms. The summed E-state index contributed by atoms with van der Waals surface area (Å²) >= 11 is 0. The molecule has 13 nitrogen and oxygen atoms in total. The van der Waals surface area contributed by atoms with Gasteiger partial charge in [0.05, 0.1) is 18.7 Å². The number of hydrogen-bond acceptors (Lipinski definition) is 10. The third-order valence-corrected chi connectivity index (χ3v) is 5.01. The molecule has 0 saturated carbocycles. The number of halogens is 1. The van der Waals surface area contributed by atoms with E-state index in [0.29, 0.717) is 11.3 Å². The van der Waals surface area contributed by atoms with Crippen LogP contribution < -0.4 is 22.7 Å². The van der Waals surface area contributed by atoms with E-state index in [2.05, 4.69) is 15.0 Å². The first-order valence-electron chi connectivity index (χ1n) is 10.3. The topological polar surface area (TPSA) is 156 Å². The van der Waals surface area contributed by atoms with Crippen molar-refractivity contribution >= 4 is 29.1 Å². The van der Waals surface area contributed by atoms with Crippen molar-refractivity contribution in [1.82, 2.24) is 19.5 Å². The smallest absolute Gasteiger partial charge is 0.434 e.